The van der Waals surface area contributed by atoms with Crippen molar-refractivity contribution < 1.29 is 24.1 Å². The Morgan fingerprint density at radius 2 is 1.62 bits per heavy atom. The highest BCUT2D eigenvalue weighted by molar-refractivity contribution is 6.01. The fourth-order valence-corrected chi connectivity index (χ4v) is 5.12. The zero-order valence-electron chi connectivity index (χ0n) is 23.7. The van der Waals surface area contributed by atoms with Gasteiger partial charge in [0.05, 0.1) is 13.7 Å². The Hall–Kier alpha value is -4.62. The number of aliphatic hydroxyl groups excluding tert-OH is 1. The first-order valence-electron chi connectivity index (χ1n) is 14.2. The number of methoxy groups -OCH3 is 1. The maximum Gasteiger partial charge on any atom is 0.252 e. The molecule has 2 N–H and O–H groups in total. The smallest absolute Gasteiger partial charge is 0.252 e. The molecule has 5 rings (SSSR count). The molecule has 1 amide bonds. The van der Waals surface area contributed by atoms with E-state index < -0.39 is 11.6 Å². The summed E-state index contributed by atoms with van der Waals surface area (Å²) in [6.45, 7) is 0.947. The SMILES string of the molecule is COc1cccc(CCNC(=O)[C@]2(Cc3ccccc3)N=C(c3ccc(OCCCO)cc3)O[C@@H]2c2ccccc2)c1. The van der Waals surface area contributed by atoms with Crippen LogP contribution in [0.2, 0.25) is 0 Å². The Labute approximate surface area is 246 Å². The number of rotatable bonds is 13. The zero-order chi connectivity index (χ0) is 29.2. The highest BCUT2D eigenvalue weighted by Gasteiger charge is 2.53. The molecule has 7 nitrogen and oxygen atoms in total. The van der Waals surface area contributed by atoms with Gasteiger partial charge >= 0.3 is 0 Å². The van der Waals surface area contributed by atoms with Gasteiger partial charge in [-0.1, -0.05) is 72.8 Å². The third kappa shape index (κ3) is 6.81. The third-order valence-electron chi connectivity index (χ3n) is 7.28. The molecule has 1 aliphatic rings. The number of nitrogens with one attached hydrogen (secondary N) is 1. The summed E-state index contributed by atoms with van der Waals surface area (Å²) in [7, 11) is 1.64. The van der Waals surface area contributed by atoms with Gasteiger partial charge < -0.3 is 24.6 Å². The number of aliphatic hydroxyl groups is 1. The Balaban J connectivity index is 1.47. The van der Waals surface area contributed by atoms with E-state index >= 15 is 0 Å². The first kappa shape index (κ1) is 28.9. The van der Waals surface area contributed by atoms with E-state index in [0.29, 0.717) is 44.1 Å². The summed E-state index contributed by atoms with van der Waals surface area (Å²) in [4.78, 5) is 19.4. The Morgan fingerprint density at radius 3 is 2.33 bits per heavy atom. The second-order valence-electron chi connectivity index (χ2n) is 10.2. The van der Waals surface area contributed by atoms with E-state index in [1.807, 2.05) is 109 Å². The molecular formula is C35H36N2O5. The molecule has 0 radical (unpaired) electrons. The molecule has 4 aromatic rings. The average Bonchev–Trinajstić information content (AvgIpc) is 3.43. The van der Waals surface area contributed by atoms with E-state index in [1.54, 1.807) is 7.11 Å². The van der Waals surface area contributed by atoms with E-state index in [0.717, 1.165) is 28.0 Å². The van der Waals surface area contributed by atoms with Crippen LogP contribution in [0, 0.1) is 0 Å². The lowest BCUT2D eigenvalue weighted by Crippen LogP contribution is -2.50. The van der Waals surface area contributed by atoms with Gasteiger partial charge in [-0.2, -0.15) is 0 Å². The van der Waals surface area contributed by atoms with Gasteiger partial charge in [-0.15, -0.1) is 0 Å². The van der Waals surface area contributed by atoms with Gasteiger partial charge in [0, 0.05) is 31.6 Å². The number of carbonyl (C=O) groups is 1. The zero-order valence-corrected chi connectivity index (χ0v) is 23.7. The van der Waals surface area contributed by atoms with Crippen LogP contribution >= 0.6 is 0 Å². The number of ether oxygens (including phenoxy) is 3. The van der Waals surface area contributed by atoms with Crippen molar-refractivity contribution in [2.24, 2.45) is 4.99 Å². The molecule has 0 aromatic heterocycles. The molecule has 0 fully saturated rings. The van der Waals surface area contributed by atoms with Crippen molar-refractivity contribution in [2.45, 2.75) is 30.9 Å². The number of hydrogen-bond acceptors (Lipinski definition) is 6. The van der Waals surface area contributed by atoms with Crippen molar-refractivity contribution in [3.05, 3.63) is 131 Å². The molecule has 1 heterocycles. The number of amides is 1. The number of nitrogens with zero attached hydrogens (tertiary/aromatic N) is 1. The molecule has 0 aliphatic carbocycles. The molecule has 0 spiro atoms. The summed E-state index contributed by atoms with van der Waals surface area (Å²) < 4.78 is 17.6. The van der Waals surface area contributed by atoms with Gasteiger partial charge in [0.2, 0.25) is 5.90 Å². The Morgan fingerprint density at radius 1 is 0.905 bits per heavy atom. The minimum atomic E-state index is -1.23. The van der Waals surface area contributed by atoms with Crippen LogP contribution in [0.4, 0.5) is 0 Å². The minimum Gasteiger partial charge on any atom is -0.497 e. The van der Waals surface area contributed by atoms with Crippen molar-refractivity contribution in [3.63, 3.8) is 0 Å². The lowest BCUT2D eigenvalue weighted by molar-refractivity contribution is -0.128. The van der Waals surface area contributed by atoms with Crippen molar-refractivity contribution in [1.82, 2.24) is 5.32 Å². The summed E-state index contributed by atoms with van der Waals surface area (Å²) in [6, 6.07) is 35.0. The number of benzene rings is 4. The van der Waals surface area contributed by atoms with Crippen molar-refractivity contribution in [2.75, 3.05) is 26.9 Å². The van der Waals surface area contributed by atoms with Gasteiger partial charge in [0.25, 0.3) is 5.91 Å². The van der Waals surface area contributed by atoms with Crippen LogP contribution in [-0.4, -0.2) is 49.3 Å². The molecule has 2 atom stereocenters. The highest BCUT2D eigenvalue weighted by atomic mass is 16.5. The van der Waals surface area contributed by atoms with Crippen molar-refractivity contribution in [3.8, 4) is 11.5 Å². The lowest BCUT2D eigenvalue weighted by atomic mass is 9.82. The maximum absolute atomic E-state index is 14.3. The predicted molar refractivity (Wildman–Crippen MR) is 163 cm³/mol. The summed E-state index contributed by atoms with van der Waals surface area (Å²) in [5, 5.41) is 12.2. The second kappa shape index (κ2) is 13.8. The van der Waals surface area contributed by atoms with Crippen LogP contribution < -0.4 is 14.8 Å². The van der Waals surface area contributed by atoms with Crippen LogP contribution in [-0.2, 0) is 22.4 Å². The maximum atomic E-state index is 14.3. The summed E-state index contributed by atoms with van der Waals surface area (Å²) in [5.41, 5.74) is 2.45. The van der Waals surface area contributed by atoms with Gasteiger partial charge in [0.1, 0.15) is 11.5 Å². The van der Waals surface area contributed by atoms with E-state index in [9.17, 15) is 4.79 Å². The molecular weight excluding hydrogens is 528 g/mol. The molecule has 0 unspecified atom stereocenters. The fraction of sp³-hybridized carbons (Fsp3) is 0.257. The first-order chi connectivity index (χ1) is 20.6. The molecule has 0 bridgehead atoms. The second-order valence-corrected chi connectivity index (χ2v) is 10.2. The van der Waals surface area contributed by atoms with Gasteiger partial charge in [-0.25, -0.2) is 4.99 Å². The van der Waals surface area contributed by atoms with Crippen LogP contribution in [0.5, 0.6) is 11.5 Å². The van der Waals surface area contributed by atoms with Gasteiger partial charge in [0.15, 0.2) is 11.6 Å². The third-order valence-corrected chi connectivity index (χ3v) is 7.28. The normalized spacial score (nSPS) is 17.7. The largest absolute Gasteiger partial charge is 0.497 e. The first-order valence-corrected chi connectivity index (χ1v) is 14.2. The monoisotopic (exact) mass is 564 g/mol. The van der Waals surface area contributed by atoms with Gasteiger partial charge in [-0.3, -0.25) is 4.79 Å². The topological polar surface area (TPSA) is 89.4 Å². The summed E-state index contributed by atoms with van der Waals surface area (Å²) in [6.07, 6.45) is 0.941. The summed E-state index contributed by atoms with van der Waals surface area (Å²) >= 11 is 0. The minimum absolute atomic E-state index is 0.0781. The Kier molecular flexibility index (Phi) is 9.51. The molecule has 7 heteroatoms. The molecule has 42 heavy (non-hydrogen) atoms. The standard InChI is InChI=1S/C35H36N2O5/c1-40-31-15-8-12-26(24-31)20-21-36-34(39)35(25-27-10-4-2-5-11-27)32(28-13-6-3-7-14-28)42-33(37-35)29-16-18-30(19-17-29)41-23-9-22-38/h2-8,10-19,24,32,38H,9,20-23,25H2,1H3,(H,36,39)/t32-,35-/m1/s1. The number of carbonyl (C=O) groups excluding carboxylic acids is 1. The van der Waals surface area contributed by atoms with Crippen molar-refractivity contribution >= 4 is 11.8 Å². The number of hydrogen-bond donors (Lipinski definition) is 2. The van der Waals surface area contributed by atoms with Crippen LogP contribution in [0.1, 0.15) is 34.8 Å². The predicted octanol–water partition coefficient (Wildman–Crippen LogP) is 5.31. The molecule has 4 aromatic carbocycles. The van der Waals surface area contributed by atoms with E-state index in [1.165, 1.54) is 0 Å². The van der Waals surface area contributed by atoms with Crippen LogP contribution in [0.25, 0.3) is 0 Å². The average molecular weight is 565 g/mol. The van der Waals surface area contributed by atoms with E-state index in [4.69, 9.17) is 24.3 Å². The molecule has 0 saturated heterocycles. The van der Waals surface area contributed by atoms with Crippen LogP contribution in [0.3, 0.4) is 0 Å². The quantitative estimate of drug-likeness (QED) is 0.215. The van der Waals surface area contributed by atoms with E-state index in [2.05, 4.69) is 5.32 Å². The fourth-order valence-electron chi connectivity index (χ4n) is 5.12. The molecule has 216 valence electrons. The Bertz CT molecular complexity index is 1470. The number of aliphatic imine (C=N–C) groups is 1. The molecule has 1 aliphatic heterocycles. The lowest BCUT2D eigenvalue weighted by Gasteiger charge is -2.31. The van der Waals surface area contributed by atoms with Crippen LogP contribution in [0.15, 0.2) is 114 Å². The van der Waals surface area contributed by atoms with E-state index in [-0.39, 0.29) is 12.5 Å². The highest BCUT2D eigenvalue weighted by Crippen LogP contribution is 2.42. The van der Waals surface area contributed by atoms with Gasteiger partial charge in [-0.05, 0) is 59.5 Å². The summed E-state index contributed by atoms with van der Waals surface area (Å²) in [5.74, 6) is 1.69. The molecule has 0 saturated carbocycles. The van der Waals surface area contributed by atoms with Crippen molar-refractivity contribution in [1.29, 1.82) is 0 Å².